The van der Waals surface area contributed by atoms with Gasteiger partial charge in [-0.25, -0.2) is 0 Å². The Morgan fingerprint density at radius 1 is 0.200 bits per heavy atom. The minimum absolute atomic E-state index is 1.08. The average molecular weight is 1080 g/mol. The number of hydrogen-bond acceptors (Lipinski definition) is 2. The first-order valence-electron chi connectivity index (χ1n) is 29.3. The van der Waals surface area contributed by atoms with Gasteiger partial charge in [-0.1, -0.05) is 266 Å². The minimum atomic E-state index is 1.08. The Balaban J connectivity index is 0.811. The maximum Gasteiger partial charge on any atom is 0.0540 e. The van der Waals surface area contributed by atoms with Crippen LogP contribution in [0.3, 0.4) is 0 Å². The summed E-state index contributed by atoms with van der Waals surface area (Å²) in [6, 6.07) is 122. The third-order valence-electron chi connectivity index (χ3n) is 16.9. The van der Waals surface area contributed by atoms with E-state index >= 15 is 0 Å². The molecule has 0 aliphatic carbocycles. The van der Waals surface area contributed by atoms with E-state index in [0.717, 1.165) is 45.3 Å². The summed E-state index contributed by atoms with van der Waals surface area (Å²) in [6.07, 6.45) is 0. The lowest BCUT2D eigenvalue weighted by Crippen LogP contribution is -2.11. The Kier molecular flexibility index (Phi) is 13.2. The predicted octanol–water partition coefficient (Wildman–Crippen LogP) is 23.5. The lowest BCUT2D eigenvalue weighted by atomic mass is 9.87. The fourth-order valence-electron chi connectivity index (χ4n) is 12.6. The molecule has 0 saturated heterocycles. The highest BCUT2D eigenvalue weighted by atomic mass is 15.1. The normalized spacial score (nSPS) is 11.4. The summed E-state index contributed by atoms with van der Waals surface area (Å²) >= 11 is 0. The van der Waals surface area contributed by atoms with E-state index in [0.29, 0.717) is 0 Å². The van der Waals surface area contributed by atoms with Gasteiger partial charge in [-0.15, -0.1) is 0 Å². The Hall–Kier alpha value is -11.1. The van der Waals surface area contributed by atoms with Crippen LogP contribution in [0.5, 0.6) is 0 Å². The first-order chi connectivity index (χ1) is 42.1. The van der Waals surface area contributed by atoms with Crippen molar-refractivity contribution in [2.45, 2.75) is 6.92 Å². The molecule has 0 N–H and O–H groups in total. The zero-order chi connectivity index (χ0) is 56.6. The Morgan fingerprint density at radius 2 is 0.471 bits per heavy atom. The van der Waals surface area contributed by atoms with Crippen LogP contribution in [0.1, 0.15) is 5.56 Å². The van der Waals surface area contributed by atoms with E-state index in [9.17, 15) is 0 Å². The highest BCUT2D eigenvalue weighted by molar-refractivity contribution is 6.27. The second-order valence-electron chi connectivity index (χ2n) is 22.1. The van der Waals surface area contributed by atoms with E-state index in [2.05, 4.69) is 350 Å². The van der Waals surface area contributed by atoms with E-state index in [1.807, 2.05) is 0 Å². The molecular weight excluding hydrogens is 1020 g/mol. The first-order valence-corrected chi connectivity index (χ1v) is 29.3. The number of anilines is 6. The molecule has 400 valence electrons. The van der Waals surface area contributed by atoms with Crippen LogP contribution in [0, 0.1) is 6.92 Å². The van der Waals surface area contributed by atoms with Crippen molar-refractivity contribution in [3.63, 3.8) is 0 Å². The third-order valence-corrected chi connectivity index (χ3v) is 16.9. The second-order valence-corrected chi connectivity index (χ2v) is 22.1. The van der Waals surface area contributed by atoms with Crippen molar-refractivity contribution in [2.24, 2.45) is 0 Å². The molecule has 0 fully saturated rings. The van der Waals surface area contributed by atoms with Gasteiger partial charge in [0.2, 0.25) is 0 Å². The quantitative estimate of drug-likeness (QED) is 0.106. The second kappa shape index (κ2) is 22.0. The largest absolute Gasteiger partial charge is 0.310 e. The molecule has 0 unspecified atom stereocenters. The van der Waals surface area contributed by atoms with Crippen LogP contribution in [0.4, 0.5) is 34.1 Å². The summed E-state index contributed by atoms with van der Waals surface area (Å²) < 4.78 is 0. The molecule has 15 rings (SSSR count). The smallest absolute Gasteiger partial charge is 0.0540 e. The molecule has 2 nitrogen and oxygen atoms in total. The van der Waals surface area contributed by atoms with Gasteiger partial charge in [0, 0.05) is 33.9 Å². The maximum atomic E-state index is 2.42. The standard InChI is InChI=1S/C83H58N2/c1-57-27-41-70(42-28-57)84(80-53-39-68(59-19-9-3-10-20-59)55-78(80)62-23-13-5-14-24-62)72-45-31-64(32-46-72)74-49-35-66-38-52-77-75(50-36-67-37-51-76(74)82(66)83(67)77)65-33-47-73(48-34-65)85(71-43-29-61(30-44-71)58-17-7-2-8-18-58)81-54-40-69(60-21-11-4-12-22-60)56-79(81)63-25-15-6-16-26-63/h2-56H,1H3. The Bertz CT molecular complexity index is 4810. The van der Waals surface area contributed by atoms with Gasteiger partial charge in [-0.05, 0) is 179 Å². The van der Waals surface area contributed by atoms with Crippen molar-refractivity contribution >= 4 is 66.4 Å². The molecule has 0 atom stereocenters. The summed E-state index contributed by atoms with van der Waals surface area (Å²) in [4.78, 5) is 4.82. The molecule has 0 amide bonds. The Labute approximate surface area is 497 Å². The van der Waals surface area contributed by atoms with Crippen molar-refractivity contribution in [3.8, 4) is 77.9 Å². The number of hydrogen-bond donors (Lipinski definition) is 0. The molecule has 0 radical (unpaired) electrons. The fraction of sp³-hybridized carbons (Fsp3) is 0.0120. The highest BCUT2D eigenvalue weighted by Crippen LogP contribution is 2.48. The Morgan fingerprint density at radius 3 is 0.835 bits per heavy atom. The van der Waals surface area contributed by atoms with Gasteiger partial charge in [0.15, 0.2) is 0 Å². The van der Waals surface area contributed by atoms with E-state index in [1.165, 1.54) is 105 Å². The summed E-state index contributed by atoms with van der Waals surface area (Å²) in [6.45, 7) is 2.15. The van der Waals surface area contributed by atoms with Crippen LogP contribution in [0.15, 0.2) is 334 Å². The van der Waals surface area contributed by atoms with Gasteiger partial charge in [0.1, 0.15) is 0 Å². The van der Waals surface area contributed by atoms with Gasteiger partial charge in [0.25, 0.3) is 0 Å². The molecule has 0 heterocycles. The number of benzene rings is 15. The molecule has 0 aliphatic rings. The number of rotatable bonds is 13. The van der Waals surface area contributed by atoms with Crippen molar-refractivity contribution in [3.05, 3.63) is 339 Å². The summed E-state index contributed by atoms with van der Waals surface area (Å²) in [5, 5.41) is 7.54. The number of nitrogens with zero attached hydrogens (tertiary/aromatic N) is 2. The first kappa shape index (κ1) is 50.9. The molecule has 15 aromatic rings. The van der Waals surface area contributed by atoms with Gasteiger partial charge in [-0.3, -0.25) is 0 Å². The van der Waals surface area contributed by atoms with Crippen LogP contribution in [-0.4, -0.2) is 0 Å². The average Bonchev–Trinajstić information content (AvgIpc) is 1.28. The van der Waals surface area contributed by atoms with E-state index in [1.54, 1.807) is 0 Å². The third kappa shape index (κ3) is 9.66. The molecule has 0 spiro atoms. The van der Waals surface area contributed by atoms with Gasteiger partial charge >= 0.3 is 0 Å². The molecular formula is C83H58N2. The summed E-state index contributed by atoms with van der Waals surface area (Å²) in [7, 11) is 0. The maximum absolute atomic E-state index is 2.42. The van der Waals surface area contributed by atoms with Gasteiger partial charge in [0.05, 0.1) is 11.4 Å². The van der Waals surface area contributed by atoms with Crippen LogP contribution < -0.4 is 9.80 Å². The molecule has 85 heavy (non-hydrogen) atoms. The lowest BCUT2D eigenvalue weighted by Gasteiger charge is -2.29. The monoisotopic (exact) mass is 1080 g/mol. The number of aryl methyl sites for hydroxylation is 1. The SMILES string of the molecule is Cc1ccc(N(c2ccc(-c3ccc4ccc5c(-c6ccc(N(c7ccc(-c8ccccc8)cc7)c7ccc(-c8ccccc8)cc7-c7ccccc7)cc6)ccc6ccc3c4c65)cc2)c2ccc(-c3ccccc3)cc2-c2ccccc2)cc1. The van der Waals surface area contributed by atoms with Crippen molar-refractivity contribution in [1.29, 1.82) is 0 Å². The molecule has 0 aromatic heterocycles. The lowest BCUT2D eigenvalue weighted by molar-refractivity contribution is 1.28. The van der Waals surface area contributed by atoms with Crippen molar-refractivity contribution in [2.75, 3.05) is 9.80 Å². The predicted molar refractivity (Wildman–Crippen MR) is 362 cm³/mol. The molecule has 2 heteroatoms. The zero-order valence-corrected chi connectivity index (χ0v) is 47.1. The fourth-order valence-corrected chi connectivity index (χ4v) is 12.6. The van der Waals surface area contributed by atoms with Gasteiger partial charge < -0.3 is 9.80 Å². The minimum Gasteiger partial charge on any atom is -0.310 e. The summed E-state index contributed by atoms with van der Waals surface area (Å²) in [5.74, 6) is 0. The molecule has 0 saturated carbocycles. The van der Waals surface area contributed by atoms with Crippen molar-refractivity contribution < 1.29 is 0 Å². The van der Waals surface area contributed by atoms with Crippen LogP contribution >= 0.6 is 0 Å². The van der Waals surface area contributed by atoms with E-state index in [-0.39, 0.29) is 0 Å². The molecule has 0 bridgehead atoms. The van der Waals surface area contributed by atoms with Crippen LogP contribution in [-0.2, 0) is 0 Å². The highest BCUT2D eigenvalue weighted by Gasteiger charge is 2.22. The van der Waals surface area contributed by atoms with Crippen LogP contribution in [0.2, 0.25) is 0 Å². The van der Waals surface area contributed by atoms with E-state index < -0.39 is 0 Å². The van der Waals surface area contributed by atoms with Crippen LogP contribution in [0.25, 0.3) is 110 Å². The van der Waals surface area contributed by atoms with E-state index in [4.69, 9.17) is 0 Å². The molecule has 15 aromatic carbocycles. The molecule has 0 aliphatic heterocycles. The van der Waals surface area contributed by atoms with Crippen molar-refractivity contribution in [1.82, 2.24) is 0 Å². The summed E-state index contributed by atoms with van der Waals surface area (Å²) in [5.41, 5.74) is 24.4. The van der Waals surface area contributed by atoms with Gasteiger partial charge in [-0.2, -0.15) is 0 Å². The topological polar surface area (TPSA) is 6.48 Å². The zero-order valence-electron chi connectivity index (χ0n) is 47.1.